The monoisotopic (exact) mass is 429 g/mol. The van der Waals surface area contributed by atoms with E-state index in [0.29, 0.717) is 19.5 Å². The van der Waals surface area contributed by atoms with Crippen LogP contribution in [-0.2, 0) is 9.59 Å². The smallest absolute Gasteiger partial charge is 0.233 e. The average molecular weight is 430 g/mol. The third-order valence-electron chi connectivity index (χ3n) is 7.72. The molecule has 7 nitrogen and oxygen atoms in total. The van der Waals surface area contributed by atoms with Gasteiger partial charge in [-0.1, -0.05) is 19.1 Å². The van der Waals surface area contributed by atoms with Gasteiger partial charge in [0.15, 0.2) is 5.96 Å². The lowest BCUT2D eigenvalue weighted by Crippen LogP contribution is -2.39. The van der Waals surface area contributed by atoms with E-state index in [1.165, 1.54) is 37.3 Å². The number of amides is 2. The number of nitrogens with one attached hydrogen (secondary N) is 2. The summed E-state index contributed by atoms with van der Waals surface area (Å²) in [5.41, 5.74) is 0. The summed E-state index contributed by atoms with van der Waals surface area (Å²) in [4.78, 5) is 34.2. The van der Waals surface area contributed by atoms with Gasteiger partial charge in [-0.15, -0.1) is 0 Å². The van der Waals surface area contributed by atoms with Gasteiger partial charge in [-0.2, -0.15) is 0 Å². The first-order valence-corrected chi connectivity index (χ1v) is 12.4. The lowest BCUT2D eigenvalue weighted by Gasteiger charge is -2.31. The maximum absolute atomic E-state index is 12.8. The van der Waals surface area contributed by atoms with Crippen molar-refractivity contribution in [3.63, 3.8) is 0 Å². The van der Waals surface area contributed by atoms with Gasteiger partial charge in [0.25, 0.3) is 0 Å². The Morgan fingerprint density at radius 1 is 1.06 bits per heavy atom. The van der Waals surface area contributed by atoms with E-state index in [0.717, 1.165) is 37.9 Å². The van der Waals surface area contributed by atoms with Crippen molar-refractivity contribution in [1.82, 2.24) is 20.4 Å². The van der Waals surface area contributed by atoms with E-state index < -0.39 is 0 Å². The lowest BCUT2D eigenvalue weighted by molar-refractivity contribution is -0.140. The molecule has 4 rings (SSSR count). The van der Waals surface area contributed by atoms with Crippen LogP contribution in [0.5, 0.6) is 0 Å². The van der Waals surface area contributed by atoms with E-state index in [4.69, 9.17) is 0 Å². The summed E-state index contributed by atoms with van der Waals surface area (Å²) in [7, 11) is 0. The standard InChI is InChI=1S/C24H39N5O2/c1-3-25-24(27-12-8-17-9-14-28(4-2)15-10-17)26-11-5-13-29-22(30)20-18-6-7-19(16-18)21(20)23(29)31/h6-7,17-21H,3-5,8-16H2,1-2H3,(H2,25,26,27). The van der Waals surface area contributed by atoms with Crippen LogP contribution < -0.4 is 10.6 Å². The summed E-state index contributed by atoms with van der Waals surface area (Å²) >= 11 is 0. The molecule has 7 heteroatoms. The minimum absolute atomic E-state index is 0.0509. The number of hydrogen-bond donors (Lipinski definition) is 2. The van der Waals surface area contributed by atoms with Crippen molar-refractivity contribution < 1.29 is 9.59 Å². The van der Waals surface area contributed by atoms with E-state index in [1.54, 1.807) is 0 Å². The summed E-state index contributed by atoms with van der Waals surface area (Å²) < 4.78 is 0. The highest BCUT2D eigenvalue weighted by atomic mass is 16.2. The van der Waals surface area contributed by atoms with Gasteiger partial charge in [0.2, 0.25) is 11.8 Å². The first-order valence-electron chi connectivity index (χ1n) is 12.4. The number of imide groups is 1. The largest absolute Gasteiger partial charge is 0.357 e. The molecule has 2 aliphatic heterocycles. The zero-order valence-electron chi connectivity index (χ0n) is 19.2. The minimum Gasteiger partial charge on any atom is -0.357 e. The molecule has 2 aliphatic carbocycles. The number of piperidine rings is 1. The number of hydrogen-bond acceptors (Lipinski definition) is 4. The van der Waals surface area contributed by atoms with Gasteiger partial charge >= 0.3 is 0 Å². The Labute approximate surface area is 186 Å². The zero-order chi connectivity index (χ0) is 21.8. The van der Waals surface area contributed by atoms with E-state index in [-0.39, 0.29) is 35.5 Å². The van der Waals surface area contributed by atoms with E-state index in [9.17, 15) is 9.59 Å². The number of carbonyl (C=O) groups excluding carboxylic acids is 2. The minimum atomic E-state index is -0.0887. The predicted molar refractivity (Wildman–Crippen MR) is 122 cm³/mol. The molecule has 4 unspecified atom stereocenters. The Kier molecular flexibility index (Phi) is 7.31. The van der Waals surface area contributed by atoms with Gasteiger partial charge in [0, 0.05) is 26.2 Å². The molecular formula is C24H39N5O2. The first-order chi connectivity index (χ1) is 15.1. The molecule has 2 N–H and O–H groups in total. The molecule has 0 aromatic rings. The number of aliphatic imine (C=N–C) groups is 1. The summed E-state index contributed by atoms with van der Waals surface area (Å²) in [6.45, 7) is 10.8. The molecule has 2 saturated heterocycles. The van der Waals surface area contributed by atoms with Crippen molar-refractivity contribution in [2.45, 2.75) is 46.0 Å². The molecule has 1 saturated carbocycles. The van der Waals surface area contributed by atoms with Crippen LogP contribution in [0.25, 0.3) is 0 Å². The van der Waals surface area contributed by atoms with Gasteiger partial charge in [0.05, 0.1) is 11.8 Å². The summed E-state index contributed by atoms with van der Waals surface area (Å²) in [5.74, 6) is 2.14. The molecule has 172 valence electrons. The van der Waals surface area contributed by atoms with E-state index in [2.05, 4.69) is 46.5 Å². The SMILES string of the molecule is CCNC(=NCCCN1C(=O)C2C3C=CC(C3)C2C1=O)NCCC1CCN(CC)CC1. The number of fused-ring (bicyclic) bond motifs is 5. The molecule has 3 fully saturated rings. The molecule has 0 spiro atoms. The van der Waals surface area contributed by atoms with Crippen molar-refractivity contribution >= 4 is 17.8 Å². The molecule has 4 atom stereocenters. The van der Waals surface area contributed by atoms with Crippen molar-refractivity contribution in [2.24, 2.45) is 34.6 Å². The van der Waals surface area contributed by atoms with Crippen LogP contribution in [0.4, 0.5) is 0 Å². The molecule has 0 aromatic carbocycles. The number of guanidine groups is 1. The van der Waals surface area contributed by atoms with Crippen LogP contribution in [0.15, 0.2) is 17.1 Å². The molecule has 0 radical (unpaired) electrons. The van der Waals surface area contributed by atoms with Crippen LogP contribution in [0.3, 0.4) is 0 Å². The highest BCUT2D eigenvalue weighted by Crippen LogP contribution is 2.52. The normalized spacial score (nSPS) is 31.0. The number of carbonyl (C=O) groups is 2. The Balaban J connectivity index is 1.18. The van der Waals surface area contributed by atoms with Crippen LogP contribution in [0, 0.1) is 29.6 Å². The third-order valence-corrected chi connectivity index (χ3v) is 7.72. The third kappa shape index (κ3) is 4.81. The van der Waals surface area contributed by atoms with E-state index in [1.807, 2.05) is 0 Å². The maximum atomic E-state index is 12.8. The topological polar surface area (TPSA) is 77.0 Å². The van der Waals surface area contributed by atoms with Gasteiger partial charge in [-0.25, -0.2) is 0 Å². The fourth-order valence-corrected chi connectivity index (χ4v) is 5.93. The second-order valence-electron chi connectivity index (χ2n) is 9.54. The number of rotatable bonds is 9. The molecule has 4 aliphatic rings. The Morgan fingerprint density at radius 3 is 2.35 bits per heavy atom. The van der Waals surface area contributed by atoms with Crippen LogP contribution in [0.2, 0.25) is 0 Å². The fraction of sp³-hybridized carbons (Fsp3) is 0.792. The lowest BCUT2D eigenvalue weighted by atomic mass is 9.85. The Hall–Kier alpha value is -1.89. The molecule has 2 amide bonds. The number of allylic oxidation sites excluding steroid dienone is 2. The molecule has 2 bridgehead atoms. The maximum Gasteiger partial charge on any atom is 0.233 e. The summed E-state index contributed by atoms with van der Waals surface area (Å²) in [6, 6.07) is 0. The second kappa shape index (κ2) is 10.2. The second-order valence-corrected chi connectivity index (χ2v) is 9.54. The van der Waals surface area contributed by atoms with Crippen LogP contribution in [-0.4, -0.2) is 73.4 Å². The van der Waals surface area contributed by atoms with Crippen molar-refractivity contribution in [1.29, 1.82) is 0 Å². The zero-order valence-corrected chi connectivity index (χ0v) is 19.2. The van der Waals surface area contributed by atoms with E-state index >= 15 is 0 Å². The molecular weight excluding hydrogens is 390 g/mol. The fourth-order valence-electron chi connectivity index (χ4n) is 5.93. The van der Waals surface area contributed by atoms with Crippen molar-refractivity contribution in [3.05, 3.63) is 12.2 Å². The number of nitrogens with zero attached hydrogens (tertiary/aromatic N) is 3. The van der Waals surface area contributed by atoms with Crippen LogP contribution in [0.1, 0.15) is 46.0 Å². The first kappa shape index (κ1) is 22.3. The number of likely N-dealkylation sites (tertiary alicyclic amines) is 2. The summed E-state index contributed by atoms with van der Waals surface area (Å²) in [5, 5.41) is 6.77. The Bertz CT molecular complexity index is 683. The highest BCUT2D eigenvalue weighted by molar-refractivity contribution is 6.06. The van der Waals surface area contributed by atoms with Crippen molar-refractivity contribution in [3.8, 4) is 0 Å². The van der Waals surface area contributed by atoms with Gasteiger partial charge in [-0.05, 0) is 76.4 Å². The summed E-state index contributed by atoms with van der Waals surface area (Å²) in [6.07, 6.45) is 9.75. The molecule has 0 aromatic heterocycles. The predicted octanol–water partition coefficient (Wildman–Crippen LogP) is 1.86. The van der Waals surface area contributed by atoms with Crippen LogP contribution >= 0.6 is 0 Å². The van der Waals surface area contributed by atoms with Gasteiger partial charge < -0.3 is 15.5 Å². The average Bonchev–Trinajstić information content (AvgIpc) is 3.46. The van der Waals surface area contributed by atoms with Gasteiger partial charge in [-0.3, -0.25) is 19.5 Å². The molecule has 31 heavy (non-hydrogen) atoms. The quantitative estimate of drug-likeness (QED) is 0.192. The Morgan fingerprint density at radius 2 is 1.74 bits per heavy atom. The highest BCUT2D eigenvalue weighted by Gasteiger charge is 2.58. The van der Waals surface area contributed by atoms with Crippen molar-refractivity contribution in [2.75, 3.05) is 45.8 Å². The van der Waals surface area contributed by atoms with Gasteiger partial charge in [0.1, 0.15) is 0 Å². The molecule has 2 heterocycles.